The molecule has 2 N–H and O–H groups in total. The molecular weight excluding hydrogens is 320 g/mol. The number of rotatable bonds is 7. The largest absolute Gasteiger partial charge is 0.497 e. The molecule has 1 aromatic rings. The lowest BCUT2D eigenvalue weighted by Gasteiger charge is -2.26. The van der Waals surface area contributed by atoms with E-state index in [1.54, 1.807) is 27.9 Å². The zero-order valence-corrected chi connectivity index (χ0v) is 16.0. The smallest absolute Gasteiger partial charge is 0.408 e. The molecular formula is C19H30N2O4. The molecule has 0 bridgehead atoms. The zero-order valence-electron chi connectivity index (χ0n) is 16.0. The predicted octanol–water partition coefficient (Wildman–Crippen LogP) is 3.25. The maximum atomic E-state index is 12.5. The molecule has 0 heterocycles. The summed E-state index contributed by atoms with van der Waals surface area (Å²) in [5.41, 5.74) is 0.346. The highest BCUT2D eigenvalue weighted by atomic mass is 16.6. The molecule has 25 heavy (non-hydrogen) atoms. The van der Waals surface area contributed by atoms with Gasteiger partial charge in [0.1, 0.15) is 17.4 Å². The van der Waals surface area contributed by atoms with Crippen molar-refractivity contribution in [1.82, 2.24) is 10.6 Å². The van der Waals surface area contributed by atoms with Gasteiger partial charge < -0.3 is 20.1 Å². The molecule has 0 saturated carbocycles. The van der Waals surface area contributed by atoms with Gasteiger partial charge in [-0.3, -0.25) is 4.79 Å². The van der Waals surface area contributed by atoms with Crippen molar-refractivity contribution in [3.63, 3.8) is 0 Å². The highest BCUT2D eigenvalue weighted by molar-refractivity contribution is 5.85. The summed E-state index contributed by atoms with van der Waals surface area (Å²) in [6.45, 7) is 9.64. The van der Waals surface area contributed by atoms with E-state index in [-0.39, 0.29) is 11.8 Å². The van der Waals surface area contributed by atoms with E-state index in [0.29, 0.717) is 6.54 Å². The van der Waals surface area contributed by atoms with Gasteiger partial charge in [0, 0.05) is 6.54 Å². The van der Waals surface area contributed by atoms with Gasteiger partial charge in [-0.25, -0.2) is 4.79 Å². The normalized spacial score (nSPS) is 13.5. The molecule has 0 aliphatic carbocycles. The van der Waals surface area contributed by atoms with E-state index >= 15 is 0 Å². The first-order valence-electron chi connectivity index (χ1n) is 8.56. The van der Waals surface area contributed by atoms with Gasteiger partial charge in [0.2, 0.25) is 5.91 Å². The van der Waals surface area contributed by atoms with Crippen LogP contribution < -0.4 is 15.4 Å². The molecule has 0 saturated heterocycles. The Morgan fingerprint density at radius 2 is 1.76 bits per heavy atom. The van der Waals surface area contributed by atoms with Crippen molar-refractivity contribution < 1.29 is 19.1 Å². The number of methoxy groups -OCH3 is 1. The van der Waals surface area contributed by atoms with E-state index in [1.165, 1.54) is 0 Å². The molecule has 0 aliphatic rings. The number of amides is 2. The van der Waals surface area contributed by atoms with Crippen LogP contribution in [0.25, 0.3) is 0 Å². The summed E-state index contributed by atoms with van der Waals surface area (Å²) in [4.78, 5) is 24.5. The average molecular weight is 350 g/mol. The van der Waals surface area contributed by atoms with Crippen LogP contribution in [-0.2, 0) is 16.1 Å². The molecule has 6 heteroatoms. The predicted molar refractivity (Wildman–Crippen MR) is 97.5 cm³/mol. The molecule has 1 aromatic carbocycles. The molecule has 0 aromatic heterocycles. The van der Waals surface area contributed by atoms with Gasteiger partial charge in [-0.15, -0.1) is 0 Å². The van der Waals surface area contributed by atoms with Crippen molar-refractivity contribution >= 4 is 12.0 Å². The van der Waals surface area contributed by atoms with Crippen LogP contribution in [0.3, 0.4) is 0 Å². The summed E-state index contributed by atoms with van der Waals surface area (Å²) in [5, 5.41) is 5.56. The van der Waals surface area contributed by atoms with Crippen LogP contribution in [0.15, 0.2) is 24.3 Å². The van der Waals surface area contributed by atoms with Crippen LogP contribution in [-0.4, -0.2) is 30.8 Å². The zero-order chi connectivity index (χ0) is 19.0. The number of ether oxygens (including phenoxy) is 2. The minimum absolute atomic E-state index is 0.0108. The molecule has 0 radical (unpaired) electrons. The summed E-state index contributed by atoms with van der Waals surface area (Å²) >= 11 is 0. The average Bonchev–Trinajstić information content (AvgIpc) is 2.55. The minimum Gasteiger partial charge on any atom is -0.497 e. The standard InChI is InChI=1S/C19H30N2O4/c1-7-13(2)16(21-18(23)25-19(3,4)5)17(22)20-12-14-8-10-15(24-6)11-9-14/h8-11,13,16H,7,12H2,1-6H3,(H,20,22)(H,21,23). The molecule has 2 unspecified atom stereocenters. The first kappa shape index (κ1) is 20.8. The molecule has 1 rings (SSSR count). The highest BCUT2D eigenvalue weighted by Gasteiger charge is 2.28. The minimum atomic E-state index is -0.641. The van der Waals surface area contributed by atoms with Crippen LogP contribution in [0.4, 0.5) is 4.79 Å². The van der Waals surface area contributed by atoms with Crippen LogP contribution in [0.1, 0.15) is 46.6 Å². The fourth-order valence-electron chi connectivity index (χ4n) is 2.18. The van der Waals surface area contributed by atoms with E-state index in [0.717, 1.165) is 17.7 Å². The Morgan fingerprint density at radius 3 is 2.24 bits per heavy atom. The second kappa shape index (κ2) is 9.30. The number of nitrogens with one attached hydrogen (secondary N) is 2. The lowest BCUT2D eigenvalue weighted by Crippen LogP contribution is -2.51. The SMILES string of the molecule is CCC(C)C(NC(=O)OC(C)(C)C)C(=O)NCc1ccc(OC)cc1. The Kier molecular flexibility index (Phi) is 7.74. The molecule has 140 valence electrons. The van der Waals surface area contributed by atoms with Crippen molar-refractivity contribution in [2.24, 2.45) is 5.92 Å². The number of benzene rings is 1. The molecule has 2 atom stereocenters. The molecule has 6 nitrogen and oxygen atoms in total. The molecule has 2 amide bonds. The van der Waals surface area contributed by atoms with Gasteiger partial charge in [0.15, 0.2) is 0 Å². The van der Waals surface area contributed by atoms with Crippen molar-refractivity contribution in [3.05, 3.63) is 29.8 Å². The van der Waals surface area contributed by atoms with Gasteiger partial charge >= 0.3 is 6.09 Å². The van der Waals surface area contributed by atoms with E-state index in [4.69, 9.17) is 9.47 Å². The van der Waals surface area contributed by atoms with Gasteiger partial charge in [0.25, 0.3) is 0 Å². The summed E-state index contributed by atoms with van der Waals surface area (Å²) in [7, 11) is 1.61. The third kappa shape index (κ3) is 7.45. The summed E-state index contributed by atoms with van der Waals surface area (Å²) in [6, 6.07) is 6.81. The van der Waals surface area contributed by atoms with Crippen molar-refractivity contribution in [1.29, 1.82) is 0 Å². The third-order valence-corrected chi connectivity index (χ3v) is 3.79. The maximum absolute atomic E-state index is 12.5. The fraction of sp³-hybridized carbons (Fsp3) is 0.579. The van der Waals surface area contributed by atoms with Crippen LogP contribution >= 0.6 is 0 Å². The number of carbonyl (C=O) groups excluding carboxylic acids is 2. The fourth-order valence-corrected chi connectivity index (χ4v) is 2.18. The Morgan fingerprint density at radius 1 is 1.16 bits per heavy atom. The van der Waals surface area contributed by atoms with Crippen LogP contribution in [0.2, 0.25) is 0 Å². The summed E-state index contributed by atoms with van der Waals surface area (Å²) < 4.78 is 10.4. The van der Waals surface area contributed by atoms with Gasteiger partial charge in [-0.05, 0) is 44.4 Å². The monoisotopic (exact) mass is 350 g/mol. The van der Waals surface area contributed by atoms with Gasteiger partial charge in [-0.2, -0.15) is 0 Å². The Hall–Kier alpha value is -2.24. The summed E-state index contributed by atoms with van der Waals surface area (Å²) in [5.74, 6) is 0.526. The van der Waals surface area contributed by atoms with Gasteiger partial charge in [-0.1, -0.05) is 32.4 Å². The van der Waals surface area contributed by atoms with E-state index in [9.17, 15) is 9.59 Å². The Bertz CT molecular complexity index is 564. The first-order chi connectivity index (χ1) is 11.7. The lowest BCUT2D eigenvalue weighted by atomic mass is 9.98. The Labute approximate surface area is 150 Å². The molecule has 0 aliphatic heterocycles. The van der Waals surface area contributed by atoms with Gasteiger partial charge in [0.05, 0.1) is 7.11 Å². The maximum Gasteiger partial charge on any atom is 0.408 e. The van der Waals surface area contributed by atoms with E-state index in [1.807, 2.05) is 38.1 Å². The van der Waals surface area contributed by atoms with Crippen LogP contribution in [0, 0.1) is 5.92 Å². The lowest BCUT2D eigenvalue weighted by molar-refractivity contribution is -0.124. The van der Waals surface area contributed by atoms with Crippen LogP contribution in [0.5, 0.6) is 5.75 Å². The second-order valence-corrected chi connectivity index (χ2v) is 7.08. The van der Waals surface area contributed by atoms with Crippen molar-refractivity contribution in [3.8, 4) is 5.75 Å². The number of carbonyl (C=O) groups is 2. The second-order valence-electron chi connectivity index (χ2n) is 7.08. The van der Waals surface area contributed by atoms with Crippen molar-refractivity contribution in [2.45, 2.75) is 59.2 Å². The summed E-state index contributed by atoms with van der Waals surface area (Å²) in [6.07, 6.45) is 0.175. The topological polar surface area (TPSA) is 76.7 Å². The number of hydrogen-bond donors (Lipinski definition) is 2. The number of alkyl carbamates (subject to hydrolysis) is 1. The molecule has 0 spiro atoms. The third-order valence-electron chi connectivity index (χ3n) is 3.79. The Balaban J connectivity index is 2.67. The first-order valence-corrected chi connectivity index (χ1v) is 8.56. The molecule has 0 fully saturated rings. The van der Waals surface area contributed by atoms with E-state index < -0.39 is 17.7 Å². The number of hydrogen-bond acceptors (Lipinski definition) is 4. The quantitative estimate of drug-likeness (QED) is 0.791. The van der Waals surface area contributed by atoms with Crippen molar-refractivity contribution in [2.75, 3.05) is 7.11 Å². The highest BCUT2D eigenvalue weighted by Crippen LogP contribution is 2.13. The van der Waals surface area contributed by atoms with E-state index in [2.05, 4.69) is 10.6 Å².